The van der Waals surface area contributed by atoms with Crippen LogP contribution in [0.15, 0.2) is 23.6 Å². The second-order valence-corrected chi connectivity index (χ2v) is 12.2. The van der Waals surface area contributed by atoms with Crippen LogP contribution < -0.4 is 9.47 Å². The Hall–Kier alpha value is -3.84. The summed E-state index contributed by atoms with van der Waals surface area (Å²) in [5.74, 6) is -2.48. The molecule has 0 saturated heterocycles. The van der Waals surface area contributed by atoms with Crippen LogP contribution in [0.3, 0.4) is 0 Å². The van der Waals surface area contributed by atoms with E-state index >= 15 is 8.78 Å². The van der Waals surface area contributed by atoms with Gasteiger partial charge in [-0.3, -0.25) is 9.58 Å². The van der Waals surface area contributed by atoms with Crippen molar-refractivity contribution in [1.82, 2.24) is 19.7 Å². The van der Waals surface area contributed by atoms with Gasteiger partial charge in [0.05, 0.1) is 37.1 Å². The van der Waals surface area contributed by atoms with Crippen LogP contribution in [-0.4, -0.2) is 65.3 Å². The smallest absolute Gasteiger partial charge is 0.410 e. The lowest BCUT2D eigenvalue weighted by atomic mass is 9.96. The molecule has 1 aromatic carbocycles. The van der Waals surface area contributed by atoms with Gasteiger partial charge in [0.2, 0.25) is 5.88 Å². The Labute approximate surface area is 251 Å². The lowest BCUT2D eigenvalue weighted by Crippen LogP contribution is -2.45. The molecule has 1 amide bonds. The minimum Gasteiger partial charge on any atom is -0.490 e. The van der Waals surface area contributed by atoms with E-state index in [2.05, 4.69) is 4.98 Å². The fourth-order valence-electron chi connectivity index (χ4n) is 5.19. The quantitative estimate of drug-likeness (QED) is 0.203. The monoisotopic (exact) mass is 618 g/mol. The summed E-state index contributed by atoms with van der Waals surface area (Å²) in [4.78, 5) is 19.3. The average molecular weight is 619 g/mol. The summed E-state index contributed by atoms with van der Waals surface area (Å²) in [6, 6.07) is 2.79. The first-order valence-corrected chi connectivity index (χ1v) is 14.6. The van der Waals surface area contributed by atoms with Gasteiger partial charge in [0, 0.05) is 42.1 Å². The molecular weight excluding hydrogens is 585 g/mol. The number of benzene rings is 1. The molecule has 0 N–H and O–H groups in total. The Kier molecular flexibility index (Phi) is 8.32. The molecule has 13 heteroatoms. The number of carbonyl (C=O) groups excluding carboxylic acids is 1. The molecule has 5 rings (SSSR count). The van der Waals surface area contributed by atoms with E-state index in [0.29, 0.717) is 23.0 Å². The third-order valence-corrected chi connectivity index (χ3v) is 8.00. The molecule has 0 fully saturated rings. The van der Waals surface area contributed by atoms with Crippen molar-refractivity contribution >= 4 is 27.5 Å². The van der Waals surface area contributed by atoms with E-state index in [9.17, 15) is 9.18 Å². The normalized spacial score (nSPS) is 16.8. The minimum absolute atomic E-state index is 0.00508. The highest BCUT2D eigenvalue weighted by Gasteiger charge is 2.37. The van der Waals surface area contributed by atoms with Gasteiger partial charge in [-0.05, 0) is 40.7 Å². The number of fused-ring (bicyclic) bond motifs is 2. The SMILES string of the molecule is COCCOc1cc(F)cc(F)c1-c1c(-c2cc3n(n2)[C@@H](C)CN(C(=O)OC(C)(C)C)[C@@H]3C)nc(OC)c2scc(F)c12. The Bertz CT molecular complexity index is 1680. The molecule has 1 aliphatic rings. The number of ether oxygens (including phenoxy) is 4. The molecule has 4 aromatic rings. The Balaban J connectivity index is 1.74. The van der Waals surface area contributed by atoms with Crippen LogP contribution in [0.25, 0.3) is 32.6 Å². The second-order valence-electron chi connectivity index (χ2n) is 11.3. The third kappa shape index (κ3) is 5.75. The van der Waals surface area contributed by atoms with E-state index < -0.39 is 35.2 Å². The van der Waals surface area contributed by atoms with Crippen molar-refractivity contribution in [2.24, 2.45) is 0 Å². The van der Waals surface area contributed by atoms with Gasteiger partial charge in [-0.2, -0.15) is 5.10 Å². The summed E-state index contributed by atoms with van der Waals surface area (Å²) >= 11 is 1.05. The fraction of sp³-hybridized carbons (Fsp3) is 0.433. The molecular formula is C30H33F3N4O5S. The molecule has 1 aliphatic heterocycles. The van der Waals surface area contributed by atoms with Crippen molar-refractivity contribution in [2.45, 2.75) is 52.3 Å². The summed E-state index contributed by atoms with van der Waals surface area (Å²) in [7, 11) is 2.88. The lowest BCUT2D eigenvalue weighted by molar-refractivity contribution is 0.00865. The van der Waals surface area contributed by atoms with Crippen LogP contribution in [0, 0.1) is 17.5 Å². The molecule has 3 aromatic heterocycles. The van der Waals surface area contributed by atoms with Gasteiger partial charge in [-0.25, -0.2) is 22.9 Å². The summed E-state index contributed by atoms with van der Waals surface area (Å²) in [5, 5.41) is 6.11. The van der Waals surface area contributed by atoms with Crippen molar-refractivity contribution in [2.75, 3.05) is 34.0 Å². The lowest BCUT2D eigenvalue weighted by Gasteiger charge is -2.38. The summed E-state index contributed by atoms with van der Waals surface area (Å²) < 4.78 is 69.8. The topological polar surface area (TPSA) is 87.9 Å². The summed E-state index contributed by atoms with van der Waals surface area (Å²) in [6.07, 6.45) is -0.464. The zero-order valence-corrected chi connectivity index (χ0v) is 25.8. The summed E-state index contributed by atoms with van der Waals surface area (Å²) in [5.41, 5.74) is 0.251. The first kappa shape index (κ1) is 30.6. The maximum absolute atomic E-state index is 15.8. The highest BCUT2D eigenvalue weighted by Crippen LogP contribution is 2.48. The number of nitrogens with zero attached hydrogens (tertiary/aromatic N) is 4. The predicted octanol–water partition coefficient (Wildman–Crippen LogP) is 7.15. The van der Waals surface area contributed by atoms with Gasteiger partial charge < -0.3 is 18.9 Å². The van der Waals surface area contributed by atoms with Gasteiger partial charge in [0.15, 0.2) is 0 Å². The van der Waals surface area contributed by atoms with Crippen molar-refractivity contribution in [3.63, 3.8) is 0 Å². The number of amides is 1. The number of aromatic nitrogens is 3. The molecule has 0 bridgehead atoms. The van der Waals surface area contributed by atoms with E-state index in [1.54, 1.807) is 36.4 Å². The van der Waals surface area contributed by atoms with Gasteiger partial charge in [0.25, 0.3) is 0 Å². The molecule has 0 radical (unpaired) electrons. The van der Waals surface area contributed by atoms with Crippen LogP contribution >= 0.6 is 11.3 Å². The van der Waals surface area contributed by atoms with Crippen molar-refractivity contribution < 1.29 is 36.9 Å². The minimum atomic E-state index is -0.964. The van der Waals surface area contributed by atoms with Gasteiger partial charge in [-0.15, -0.1) is 11.3 Å². The highest BCUT2D eigenvalue weighted by atomic mass is 32.1. The largest absolute Gasteiger partial charge is 0.490 e. The number of pyridine rings is 1. The van der Waals surface area contributed by atoms with Crippen LogP contribution in [0.4, 0.5) is 18.0 Å². The molecule has 0 aliphatic carbocycles. The molecule has 230 valence electrons. The number of hydrogen-bond acceptors (Lipinski definition) is 8. The maximum Gasteiger partial charge on any atom is 0.410 e. The number of carbonyl (C=O) groups is 1. The molecule has 0 spiro atoms. The molecule has 4 heterocycles. The molecule has 0 unspecified atom stereocenters. The van der Waals surface area contributed by atoms with Gasteiger partial charge in [-0.1, -0.05) is 0 Å². The van der Waals surface area contributed by atoms with Crippen LogP contribution in [0.1, 0.15) is 52.4 Å². The number of thiophene rings is 1. The standard InChI is InChI=1S/C30H33F3N4O5S/c1-15-13-36(29(38)42-30(3,4)5)16(2)21-12-20(35-37(15)21)26-25(24-19(33)14-43-27(24)28(34-26)40-7)23-18(32)10-17(31)11-22(23)41-9-8-39-6/h10-12,14-16H,8-9,13H2,1-7H3/t15-,16+/m0/s1. The Morgan fingerprint density at radius 3 is 2.49 bits per heavy atom. The summed E-state index contributed by atoms with van der Waals surface area (Å²) in [6.45, 7) is 9.64. The Morgan fingerprint density at radius 2 is 1.81 bits per heavy atom. The first-order chi connectivity index (χ1) is 20.3. The number of rotatable bonds is 7. The van der Waals surface area contributed by atoms with Crippen molar-refractivity contribution in [3.05, 3.63) is 46.7 Å². The molecule has 43 heavy (non-hydrogen) atoms. The molecule has 0 saturated carbocycles. The van der Waals surface area contributed by atoms with Crippen molar-refractivity contribution in [3.8, 4) is 34.1 Å². The average Bonchev–Trinajstić information content (AvgIpc) is 3.54. The second kappa shape index (κ2) is 11.7. The van der Waals surface area contributed by atoms with Gasteiger partial charge >= 0.3 is 6.09 Å². The Morgan fingerprint density at radius 1 is 1.07 bits per heavy atom. The van der Waals surface area contributed by atoms with Crippen LogP contribution in [0.2, 0.25) is 0 Å². The molecule has 2 atom stereocenters. The number of methoxy groups -OCH3 is 2. The van der Waals surface area contributed by atoms with E-state index in [1.165, 1.54) is 19.6 Å². The predicted molar refractivity (Wildman–Crippen MR) is 156 cm³/mol. The van der Waals surface area contributed by atoms with Crippen molar-refractivity contribution in [1.29, 1.82) is 0 Å². The first-order valence-electron chi connectivity index (χ1n) is 13.7. The van der Waals surface area contributed by atoms with Crippen LogP contribution in [0.5, 0.6) is 11.6 Å². The number of hydrogen-bond donors (Lipinski definition) is 0. The maximum atomic E-state index is 15.8. The zero-order chi connectivity index (χ0) is 31.2. The van der Waals surface area contributed by atoms with E-state index in [-0.39, 0.29) is 58.8 Å². The van der Waals surface area contributed by atoms with Gasteiger partial charge in [0.1, 0.15) is 51.5 Å². The van der Waals surface area contributed by atoms with E-state index in [0.717, 1.165) is 17.4 Å². The van der Waals surface area contributed by atoms with E-state index in [4.69, 9.17) is 24.0 Å². The molecule has 9 nitrogen and oxygen atoms in total. The number of halogens is 3. The van der Waals surface area contributed by atoms with E-state index in [1.807, 2.05) is 13.8 Å². The zero-order valence-electron chi connectivity index (χ0n) is 25.0. The fourth-order valence-corrected chi connectivity index (χ4v) is 6.07. The highest BCUT2D eigenvalue weighted by molar-refractivity contribution is 7.17. The third-order valence-electron chi connectivity index (χ3n) is 7.06. The van der Waals surface area contributed by atoms with Crippen LogP contribution in [-0.2, 0) is 9.47 Å².